The molecule has 4 amide bonds. The number of nitrogens with one attached hydrogen (secondary N) is 1. The zero-order chi connectivity index (χ0) is 15.7. The number of likely N-dealkylation sites (N-methyl/N-ethyl adjacent to an activating group) is 1. The molecule has 0 spiro atoms. The summed E-state index contributed by atoms with van der Waals surface area (Å²) in [4.78, 5) is 48.9. The molecule has 2 aliphatic heterocycles. The maximum absolute atomic E-state index is 12.1. The Labute approximate surface area is 122 Å². The van der Waals surface area contributed by atoms with Crippen LogP contribution in [0.5, 0.6) is 0 Å². The number of carboxylic acid groups (broad SMARTS) is 1. The van der Waals surface area contributed by atoms with Gasteiger partial charge in [-0.15, -0.1) is 0 Å². The SMILES string of the molecule is C[C@@H]1CN(C(=O)NC2CCC(=O)N(C)C2=O)C[C@H]1C(=O)O. The van der Waals surface area contributed by atoms with Crippen LogP contribution in [0.3, 0.4) is 0 Å². The third-order valence-corrected chi connectivity index (χ3v) is 4.16. The first-order valence-corrected chi connectivity index (χ1v) is 6.90. The lowest BCUT2D eigenvalue weighted by Gasteiger charge is -2.29. The first kappa shape index (κ1) is 15.3. The Hall–Kier alpha value is -2.12. The number of carboxylic acids is 1. The lowest BCUT2D eigenvalue weighted by Crippen LogP contribution is -2.55. The van der Waals surface area contributed by atoms with Crippen LogP contribution < -0.4 is 5.32 Å². The van der Waals surface area contributed by atoms with E-state index < -0.39 is 29.9 Å². The van der Waals surface area contributed by atoms with E-state index in [0.717, 1.165) is 4.90 Å². The lowest BCUT2D eigenvalue weighted by atomic mass is 9.99. The van der Waals surface area contributed by atoms with Gasteiger partial charge in [-0.1, -0.05) is 6.92 Å². The van der Waals surface area contributed by atoms with Crippen molar-refractivity contribution in [1.82, 2.24) is 15.1 Å². The predicted molar refractivity (Wildman–Crippen MR) is 71.2 cm³/mol. The number of imide groups is 1. The van der Waals surface area contributed by atoms with E-state index in [0.29, 0.717) is 6.54 Å². The number of aliphatic carboxylic acids is 1. The van der Waals surface area contributed by atoms with Crippen molar-refractivity contribution in [1.29, 1.82) is 0 Å². The van der Waals surface area contributed by atoms with Crippen molar-refractivity contribution in [2.45, 2.75) is 25.8 Å². The first-order valence-electron chi connectivity index (χ1n) is 6.90. The zero-order valence-electron chi connectivity index (χ0n) is 12.0. The molecular weight excluding hydrogens is 278 g/mol. The number of hydrogen-bond acceptors (Lipinski definition) is 4. The Morgan fingerprint density at radius 3 is 2.52 bits per heavy atom. The molecule has 21 heavy (non-hydrogen) atoms. The quantitative estimate of drug-likeness (QED) is 0.668. The van der Waals surface area contributed by atoms with Crippen molar-refractivity contribution in [3.05, 3.63) is 0 Å². The van der Waals surface area contributed by atoms with E-state index >= 15 is 0 Å². The molecule has 2 heterocycles. The summed E-state index contributed by atoms with van der Waals surface area (Å²) in [6, 6.07) is -1.17. The highest BCUT2D eigenvalue weighted by Gasteiger charge is 2.39. The molecule has 8 nitrogen and oxygen atoms in total. The summed E-state index contributed by atoms with van der Waals surface area (Å²) >= 11 is 0. The fraction of sp³-hybridized carbons (Fsp3) is 0.692. The van der Waals surface area contributed by atoms with E-state index in [1.165, 1.54) is 11.9 Å². The van der Waals surface area contributed by atoms with Gasteiger partial charge in [0.05, 0.1) is 5.92 Å². The van der Waals surface area contributed by atoms with E-state index in [1.807, 2.05) is 0 Å². The smallest absolute Gasteiger partial charge is 0.318 e. The Balaban J connectivity index is 1.95. The third kappa shape index (κ3) is 2.98. The van der Waals surface area contributed by atoms with Crippen LogP contribution >= 0.6 is 0 Å². The minimum absolute atomic E-state index is 0.125. The van der Waals surface area contributed by atoms with Crippen LogP contribution in [0.25, 0.3) is 0 Å². The van der Waals surface area contributed by atoms with Crippen molar-refractivity contribution in [3.63, 3.8) is 0 Å². The Bertz CT molecular complexity index is 492. The highest BCUT2D eigenvalue weighted by Crippen LogP contribution is 2.23. The van der Waals surface area contributed by atoms with Gasteiger partial charge in [-0.3, -0.25) is 19.3 Å². The Kier molecular flexibility index (Phi) is 4.15. The third-order valence-electron chi connectivity index (χ3n) is 4.16. The largest absolute Gasteiger partial charge is 0.481 e. The molecule has 3 atom stereocenters. The molecule has 2 rings (SSSR count). The molecule has 0 bridgehead atoms. The first-order chi connectivity index (χ1) is 9.81. The molecule has 8 heteroatoms. The average molecular weight is 297 g/mol. The van der Waals surface area contributed by atoms with E-state index in [2.05, 4.69) is 5.32 Å². The molecule has 2 saturated heterocycles. The molecule has 2 fully saturated rings. The molecule has 0 aromatic carbocycles. The molecule has 1 unspecified atom stereocenters. The van der Waals surface area contributed by atoms with Gasteiger partial charge in [0.25, 0.3) is 5.91 Å². The van der Waals surface area contributed by atoms with Crippen molar-refractivity contribution >= 4 is 23.8 Å². The highest BCUT2D eigenvalue weighted by atomic mass is 16.4. The van der Waals surface area contributed by atoms with Gasteiger partial charge in [-0.25, -0.2) is 4.79 Å². The highest BCUT2D eigenvalue weighted by molar-refractivity contribution is 6.01. The van der Waals surface area contributed by atoms with Crippen molar-refractivity contribution in [3.8, 4) is 0 Å². The standard InChI is InChI=1S/C13H19N3O5/c1-7-5-16(6-8(7)12(19)20)13(21)14-9-3-4-10(17)15(2)11(9)18/h7-9H,3-6H2,1-2H3,(H,14,21)(H,19,20)/t7-,8-,9?/m1/s1. The summed E-state index contributed by atoms with van der Waals surface area (Å²) < 4.78 is 0. The summed E-state index contributed by atoms with van der Waals surface area (Å²) in [5.74, 6) is -2.31. The minimum Gasteiger partial charge on any atom is -0.481 e. The summed E-state index contributed by atoms with van der Waals surface area (Å²) in [5, 5.41) is 11.6. The normalized spacial score (nSPS) is 29.7. The second kappa shape index (κ2) is 5.71. The number of rotatable bonds is 2. The van der Waals surface area contributed by atoms with E-state index in [1.54, 1.807) is 6.92 Å². The van der Waals surface area contributed by atoms with Gasteiger partial charge in [0.1, 0.15) is 6.04 Å². The minimum atomic E-state index is -0.920. The number of piperidine rings is 1. The topological polar surface area (TPSA) is 107 Å². The maximum atomic E-state index is 12.1. The van der Waals surface area contributed by atoms with Crippen LogP contribution in [0, 0.1) is 11.8 Å². The van der Waals surface area contributed by atoms with Crippen molar-refractivity contribution < 1.29 is 24.3 Å². The van der Waals surface area contributed by atoms with Gasteiger partial charge < -0.3 is 15.3 Å². The zero-order valence-corrected chi connectivity index (χ0v) is 12.0. The fourth-order valence-corrected chi connectivity index (χ4v) is 2.74. The second-order valence-electron chi connectivity index (χ2n) is 5.66. The summed E-state index contributed by atoms with van der Waals surface area (Å²) in [5.41, 5.74) is 0. The summed E-state index contributed by atoms with van der Waals surface area (Å²) in [6.45, 7) is 2.26. The van der Waals surface area contributed by atoms with Crippen LogP contribution in [0.2, 0.25) is 0 Å². The number of carbonyl (C=O) groups excluding carboxylic acids is 3. The van der Waals surface area contributed by atoms with E-state index in [9.17, 15) is 19.2 Å². The molecule has 2 aliphatic rings. The van der Waals surface area contributed by atoms with Crippen LogP contribution in [0.1, 0.15) is 19.8 Å². The van der Waals surface area contributed by atoms with Gasteiger partial charge in [0.15, 0.2) is 0 Å². The van der Waals surface area contributed by atoms with Gasteiger partial charge in [-0.2, -0.15) is 0 Å². The van der Waals surface area contributed by atoms with Crippen LogP contribution in [-0.2, 0) is 14.4 Å². The number of carbonyl (C=O) groups is 4. The fourth-order valence-electron chi connectivity index (χ4n) is 2.74. The summed E-state index contributed by atoms with van der Waals surface area (Å²) in [7, 11) is 1.39. The van der Waals surface area contributed by atoms with Crippen LogP contribution in [0.4, 0.5) is 4.79 Å². The van der Waals surface area contributed by atoms with Crippen molar-refractivity contribution in [2.75, 3.05) is 20.1 Å². The number of nitrogens with zero attached hydrogens (tertiary/aromatic N) is 2. The molecule has 0 aliphatic carbocycles. The molecule has 0 saturated carbocycles. The van der Waals surface area contributed by atoms with Gasteiger partial charge in [-0.05, 0) is 12.3 Å². The van der Waals surface area contributed by atoms with Crippen LogP contribution in [-0.4, -0.2) is 64.9 Å². The van der Waals surface area contributed by atoms with Crippen LogP contribution in [0.15, 0.2) is 0 Å². The average Bonchev–Trinajstić information content (AvgIpc) is 2.82. The number of likely N-dealkylation sites (tertiary alicyclic amines) is 2. The monoisotopic (exact) mass is 297 g/mol. The Morgan fingerprint density at radius 2 is 1.95 bits per heavy atom. The molecule has 2 N–H and O–H groups in total. The molecule has 116 valence electrons. The van der Waals surface area contributed by atoms with Gasteiger partial charge in [0.2, 0.25) is 5.91 Å². The second-order valence-corrected chi connectivity index (χ2v) is 5.66. The van der Waals surface area contributed by atoms with E-state index in [-0.39, 0.29) is 31.2 Å². The number of urea groups is 1. The molecule has 0 aromatic rings. The molecule has 0 aromatic heterocycles. The summed E-state index contributed by atoms with van der Waals surface area (Å²) in [6.07, 6.45) is 0.487. The predicted octanol–water partition coefficient (Wildman–Crippen LogP) is -0.504. The number of hydrogen-bond donors (Lipinski definition) is 2. The Morgan fingerprint density at radius 1 is 1.29 bits per heavy atom. The lowest BCUT2D eigenvalue weighted by molar-refractivity contribution is -0.148. The molecular formula is C13H19N3O5. The van der Waals surface area contributed by atoms with Gasteiger partial charge in [0, 0.05) is 26.6 Å². The molecule has 0 radical (unpaired) electrons. The van der Waals surface area contributed by atoms with Crippen molar-refractivity contribution in [2.24, 2.45) is 11.8 Å². The maximum Gasteiger partial charge on any atom is 0.318 e. The van der Waals surface area contributed by atoms with Gasteiger partial charge >= 0.3 is 12.0 Å². The van der Waals surface area contributed by atoms with E-state index in [4.69, 9.17) is 5.11 Å². The number of amides is 4.